The first-order chi connectivity index (χ1) is 12.5. The zero-order valence-corrected chi connectivity index (χ0v) is 14.6. The fraction of sp³-hybridized carbons (Fsp3) is 0.353. The normalized spacial score (nSPS) is 13.5. The predicted molar refractivity (Wildman–Crippen MR) is 95.1 cm³/mol. The van der Waals surface area contributed by atoms with Crippen LogP contribution in [-0.2, 0) is 5.54 Å². The SMILES string of the molecule is CCC(C)(CCO)n1cc(C(=O)Nc2cnc3[nH]c(C=O)cc3c2)nn1. The van der Waals surface area contributed by atoms with E-state index in [-0.39, 0.29) is 12.3 Å². The van der Waals surface area contributed by atoms with Crippen molar-refractivity contribution in [2.75, 3.05) is 11.9 Å². The summed E-state index contributed by atoms with van der Waals surface area (Å²) >= 11 is 0. The van der Waals surface area contributed by atoms with E-state index < -0.39 is 11.4 Å². The molecule has 1 unspecified atom stereocenters. The van der Waals surface area contributed by atoms with Crippen LogP contribution in [0.2, 0.25) is 0 Å². The Labute approximate surface area is 149 Å². The standard InChI is InChI=1S/C17H20N6O3/c1-3-17(2,4-5-24)23-9-14(21-22-23)16(26)20-12-6-11-7-13(10-25)19-15(11)18-8-12/h6-10,24H,3-5H2,1-2H3,(H,18,19)(H,20,26). The molecule has 3 aromatic heterocycles. The smallest absolute Gasteiger partial charge is 0.277 e. The van der Waals surface area contributed by atoms with Crippen molar-refractivity contribution in [3.63, 3.8) is 0 Å². The average molecular weight is 356 g/mol. The molecule has 0 aliphatic heterocycles. The summed E-state index contributed by atoms with van der Waals surface area (Å²) in [4.78, 5) is 30.3. The molecule has 1 atom stereocenters. The van der Waals surface area contributed by atoms with Crippen LogP contribution in [0.3, 0.4) is 0 Å². The molecule has 0 aliphatic carbocycles. The maximum Gasteiger partial charge on any atom is 0.277 e. The maximum absolute atomic E-state index is 12.4. The summed E-state index contributed by atoms with van der Waals surface area (Å²) < 4.78 is 1.61. The number of nitrogens with one attached hydrogen (secondary N) is 2. The molecule has 9 heteroatoms. The average Bonchev–Trinajstić information content (AvgIpc) is 3.28. The van der Waals surface area contributed by atoms with Crippen LogP contribution in [0.5, 0.6) is 0 Å². The van der Waals surface area contributed by atoms with Gasteiger partial charge in [0.2, 0.25) is 0 Å². The zero-order chi connectivity index (χ0) is 18.7. The lowest BCUT2D eigenvalue weighted by Gasteiger charge is -2.27. The van der Waals surface area contributed by atoms with Gasteiger partial charge in [-0.3, -0.25) is 9.59 Å². The van der Waals surface area contributed by atoms with Crippen LogP contribution in [0.4, 0.5) is 5.69 Å². The molecule has 0 saturated carbocycles. The molecule has 0 aromatic carbocycles. The van der Waals surface area contributed by atoms with E-state index in [0.29, 0.717) is 29.7 Å². The van der Waals surface area contributed by atoms with Gasteiger partial charge in [-0.1, -0.05) is 12.1 Å². The van der Waals surface area contributed by atoms with Crippen molar-refractivity contribution in [2.45, 2.75) is 32.2 Å². The highest BCUT2D eigenvalue weighted by molar-refractivity contribution is 6.03. The second-order valence-corrected chi connectivity index (χ2v) is 6.33. The minimum atomic E-state index is -0.411. The van der Waals surface area contributed by atoms with Crippen molar-refractivity contribution in [2.24, 2.45) is 0 Å². The highest BCUT2D eigenvalue weighted by Crippen LogP contribution is 2.23. The molecule has 136 valence electrons. The summed E-state index contributed by atoms with van der Waals surface area (Å²) in [5.74, 6) is -0.411. The van der Waals surface area contributed by atoms with Gasteiger partial charge >= 0.3 is 0 Å². The van der Waals surface area contributed by atoms with Gasteiger partial charge in [0.1, 0.15) is 5.65 Å². The van der Waals surface area contributed by atoms with E-state index in [1.165, 1.54) is 6.20 Å². The lowest BCUT2D eigenvalue weighted by molar-refractivity contribution is 0.102. The van der Waals surface area contributed by atoms with Crippen molar-refractivity contribution < 1.29 is 14.7 Å². The number of hydrogen-bond donors (Lipinski definition) is 3. The molecule has 3 N–H and O–H groups in total. The van der Waals surface area contributed by atoms with Gasteiger partial charge in [-0.15, -0.1) is 5.10 Å². The van der Waals surface area contributed by atoms with Gasteiger partial charge in [-0.05, 0) is 31.9 Å². The number of amides is 1. The molecule has 3 heterocycles. The van der Waals surface area contributed by atoms with Crippen molar-refractivity contribution >= 4 is 28.9 Å². The second kappa shape index (κ2) is 7.04. The van der Waals surface area contributed by atoms with Crippen LogP contribution in [0.15, 0.2) is 24.5 Å². The molecule has 1 amide bonds. The minimum Gasteiger partial charge on any atom is -0.396 e. The number of aldehydes is 1. The molecule has 0 aliphatic rings. The Bertz CT molecular complexity index is 947. The Kier molecular flexibility index (Phi) is 4.81. The van der Waals surface area contributed by atoms with E-state index in [9.17, 15) is 14.7 Å². The van der Waals surface area contributed by atoms with Crippen molar-refractivity contribution in [3.05, 3.63) is 35.9 Å². The number of fused-ring (bicyclic) bond motifs is 1. The van der Waals surface area contributed by atoms with Crippen LogP contribution < -0.4 is 5.32 Å². The predicted octanol–water partition coefficient (Wildman–Crippen LogP) is 1.73. The van der Waals surface area contributed by atoms with Gasteiger partial charge in [-0.25, -0.2) is 9.67 Å². The molecule has 0 saturated heterocycles. The first kappa shape index (κ1) is 17.7. The van der Waals surface area contributed by atoms with E-state index in [1.807, 2.05) is 13.8 Å². The number of aromatic nitrogens is 5. The number of nitrogens with zero attached hydrogens (tertiary/aromatic N) is 4. The third-order valence-electron chi connectivity index (χ3n) is 4.57. The quantitative estimate of drug-likeness (QED) is 0.554. The molecule has 26 heavy (non-hydrogen) atoms. The molecule has 3 rings (SSSR count). The molecule has 3 aromatic rings. The van der Waals surface area contributed by atoms with Gasteiger partial charge in [0.25, 0.3) is 5.91 Å². The Morgan fingerprint density at radius 2 is 2.27 bits per heavy atom. The van der Waals surface area contributed by atoms with Gasteiger partial charge in [-0.2, -0.15) is 0 Å². The summed E-state index contributed by atoms with van der Waals surface area (Å²) in [7, 11) is 0. The third-order valence-corrected chi connectivity index (χ3v) is 4.57. The van der Waals surface area contributed by atoms with Crippen molar-refractivity contribution in [1.82, 2.24) is 25.0 Å². The second-order valence-electron chi connectivity index (χ2n) is 6.33. The summed E-state index contributed by atoms with van der Waals surface area (Å²) in [5, 5.41) is 20.7. The number of pyridine rings is 1. The van der Waals surface area contributed by atoms with Crippen LogP contribution in [0.1, 0.15) is 47.7 Å². The Balaban J connectivity index is 1.79. The number of aliphatic hydroxyl groups excluding tert-OH is 1. The number of H-pyrrole nitrogens is 1. The number of anilines is 1. The van der Waals surface area contributed by atoms with Crippen LogP contribution >= 0.6 is 0 Å². The molecule has 0 spiro atoms. The number of rotatable bonds is 7. The lowest BCUT2D eigenvalue weighted by Crippen LogP contribution is -2.31. The number of aliphatic hydroxyl groups is 1. The number of carbonyl (C=O) groups excluding carboxylic acids is 2. The molecular weight excluding hydrogens is 336 g/mol. The van der Waals surface area contributed by atoms with E-state index in [2.05, 4.69) is 25.6 Å². The Morgan fingerprint density at radius 3 is 2.96 bits per heavy atom. The van der Waals surface area contributed by atoms with E-state index in [4.69, 9.17) is 0 Å². The monoisotopic (exact) mass is 356 g/mol. The lowest BCUT2D eigenvalue weighted by atomic mass is 9.95. The molecule has 0 radical (unpaired) electrons. The van der Waals surface area contributed by atoms with Gasteiger partial charge in [0.05, 0.1) is 29.3 Å². The first-order valence-corrected chi connectivity index (χ1v) is 8.28. The van der Waals surface area contributed by atoms with Gasteiger partial charge in [0, 0.05) is 12.0 Å². The highest BCUT2D eigenvalue weighted by Gasteiger charge is 2.26. The van der Waals surface area contributed by atoms with E-state index >= 15 is 0 Å². The summed E-state index contributed by atoms with van der Waals surface area (Å²) in [6.45, 7) is 3.97. The molecule has 9 nitrogen and oxygen atoms in total. The van der Waals surface area contributed by atoms with Gasteiger partial charge < -0.3 is 15.4 Å². The van der Waals surface area contributed by atoms with Crippen molar-refractivity contribution in [3.8, 4) is 0 Å². The summed E-state index contributed by atoms with van der Waals surface area (Å²) in [6.07, 6.45) is 5.03. The zero-order valence-electron chi connectivity index (χ0n) is 14.6. The number of aromatic amines is 1. The Morgan fingerprint density at radius 1 is 1.46 bits per heavy atom. The minimum absolute atomic E-state index is 0.0247. The van der Waals surface area contributed by atoms with Crippen LogP contribution in [-0.4, -0.2) is 48.9 Å². The molecule has 0 bridgehead atoms. The fourth-order valence-corrected chi connectivity index (χ4v) is 2.69. The molecular formula is C17H20N6O3. The number of carbonyl (C=O) groups is 2. The summed E-state index contributed by atoms with van der Waals surface area (Å²) in [5.41, 5.74) is 1.24. The highest BCUT2D eigenvalue weighted by atomic mass is 16.3. The third kappa shape index (κ3) is 3.33. The van der Waals surface area contributed by atoms with Crippen LogP contribution in [0, 0.1) is 0 Å². The van der Waals surface area contributed by atoms with Crippen LogP contribution in [0.25, 0.3) is 11.0 Å². The van der Waals surface area contributed by atoms with E-state index in [1.54, 1.807) is 23.0 Å². The summed E-state index contributed by atoms with van der Waals surface area (Å²) in [6, 6.07) is 3.37. The van der Waals surface area contributed by atoms with Gasteiger partial charge in [0.15, 0.2) is 12.0 Å². The first-order valence-electron chi connectivity index (χ1n) is 8.28. The fourth-order valence-electron chi connectivity index (χ4n) is 2.69. The van der Waals surface area contributed by atoms with E-state index in [0.717, 1.165) is 11.8 Å². The molecule has 0 fully saturated rings. The topological polar surface area (TPSA) is 126 Å². The Hall–Kier alpha value is -3.07. The van der Waals surface area contributed by atoms with Crippen molar-refractivity contribution in [1.29, 1.82) is 0 Å². The largest absolute Gasteiger partial charge is 0.396 e. The number of hydrogen-bond acceptors (Lipinski definition) is 6. The maximum atomic E-state index is 12.4.